The molecule has 0 aromatic heterocycles. The summed E-state index contributed by atoms with van der Waals surface area (Å²) in [6.45, 7) is 4.86. The summed E-state index contributed by atoms with van der Waals surface area (Å²) in [4.78, 5) is 26.5. The van der Waals surface area contributed by atoms with E-state index in [4.69, 9.17) is 14.2 Å². The van der Waals surface area contributed by atoms with Crippen LogP contribution in [0.5, 0.6) is 17.2 Å². The molecule has 29 heavy (non-hydrogen) atoms. The lowest BCUT2D eigenvalue weighted by atomic mass is 10.2. The summed E-state index contributed by atoms with van der Waals surface area (Å²) in [5.74, 6) is 1.60. The molecule has 0 saturated carbocycles. The predicted octanol–water partition coefficient (Wildman–Crippen LogP) is 4.52. The lowest BCUT2D eigenvalue weighted by Crippen LogP contribution is -2.32. The number of thioether (sulfide) groups is 1. The van der Waals surface area contributed by atoms with E-state index in [1.807, 2.05) is 44.2 Å². The third kappa shape index (κ3) is 5.12. The van der Waals surface area contributed by atoms with E-state index in [9.17, 15) is 9.59 Å². The van der Waals surface area contributed by atoms with Gasteiger partial charge in [0, 0.05) is 0 Å². The van der Waals surface area contributed by atoms with Gasteiger partial charge in [-0.05, 0) is 61.5 Å². The van der Waals surface area contributed by atoms with Crippen LogP contribution in [0.15, 0.2) is 47.4 Å². The Morgan fingerprint density at radius 2 is 1.79 bits per heavy atom. The number of carbonyl (C=O) groups is 2. The first-order chi connectivity index (χ1) is 14.0. The number of amides is 2. The third-order valence-corrected chi connectivity index (χ3v) is 5.17. The summed E-state index contributed by atoms with van der Waals surface area (Å²) in [6, 6.07) is 13.0. The summed E-state index contributed by atoms with van der Waals surface area (Å²) in [5, 5.41) is -0.299. The first-order valence-corrected chi connectivity index (χ1v) is 10.1. The van der Waals surface area contributed by atoms with Crippen molar-refractivity contribution in [1.29, 1.82) is 0 Å². The van der Waals surface area contributed by atoms with E-state index in [1.165, 1.54) is 4.90 Å². The maximum atomic E-state index is 12.6. The molecule has 1 fully saturated rings. The van der Waals surface area contributed by atoms with Gasteiger partial charge >= 0.3 is 0 Å². The predicted molar refractivity (Wildman–Crippen MR) is 114 cm³/mol. The zero-order valence-electron chi connectivity index (χ0n) is 16.6. The van der Waals surface area contributed by atoms with Gasteiger partial charge in [0.25, 0.3) is 11.1 Å². The Bertz CT molecular complexity index is 923. The Morgan fingerprint density at radius 3 is 2.48 bits per heavy atom. The van der Waals surface area contributed by atoms with Crippen molar-refractivity contribution in [3.63, 3.8) is 0 Å². The minimum Gasteiger partial charge on any atom is -0.493 e. The standard InChI is InChI=1S/C22H23NO5S/c1-4-27-18-10-7-16(13-19(18)26-3)14-20-21(24)23(22(25)29-20)11-12-28-17-8-5-15(2)6-9-17/h5-10,13-14H,4,11-12H2,1-3H3/b20-14-. The largest absolute Gasteiger partial charge is 0.493 e. The van der Waals surface area contributed by atoms with Gasteiger partial charge < -0.3 is 14.2 Å². The molecular weight excluding hydrogens is 390 g/mol. The van der Waals surface area contributed by atoms with Crippen LogP contribution in [0, 0.1) is 6.92 Å². The van der Waals surface area contributed by atoms with Crippen LogP contribution >= 0.6 is 11.8 Å². The van der Waals surface area contributed by atoms with Crippen molar-refractivity contribution in [3.05, 3.63) is 58.5 Å². The molecule has 7 heteroatoms. The van der Waals surface area contributed by atoms with Gasteiger partial charge in [0.05, 0.1) is 25.2 Å². The quantitative estimate of drug-likeness (QED) is 0.593. The zero-order valence-corrected chi connectivity index (χ0v) is 17.5. The first kappa shape index (κ1) is 20.8. The van der Waals surface area contributed by atoms with Gasteiger partial charge in [0.2, 0.25) is 0 Å². The maximum absolute atomic E-state index is 12.6. The highest BCUT2D eigenvalue weighted by Crippen LogP contribution is 2.34. The van der Waals surface area contributed by atoms with Crippen LogP contribution in [0.4, 0.5) is 4.79 Å². The highest BCUT2D eigenvalue weighted by molar-refractivity contribution is 8.18. The van der Waals surface area contributed by atoms with Crippen LogP contribution in [-0.4, -0.2) is 42.9 Å². The van der Waals surface area contributed by atoms with E-state index in [0.717, 1.165) is 22.9 Å². The van der Waals surface area contributed by atoms with E-state index in [2.05, 4.69) is 0 Å². The number of carbonyl (C=O) groups excluding carboxylic acids is 2. The molecule has 1 saturated heterocycles. The van der Waals surface area contributed by atoms with E-state index in [-0.39, 0.29) is 24.3 Å². The maximum Gasteiger partial charge on any atom is 0.293 e. The van der Waals surface area contributed by atoms with Crippen LogP contribution in [0.25, 0.3) is 6.08 Å². The van der Waals surface area contributed by atoms with E-state index in [0.29, 0.717) is 28.8 Å². The molecular formula is C22H23NO5S. The van der Waals surface area contributed by atoms with Crippen molar-refractivity contribution in [3.8, 4) is 17.2 Å². The molecule has 6 nitrogen and oxygen atoms in total. The average molecular weight is 413 g/mol. The number of nitrogens with zero attached hydrogens (tertiary/aromatic N) is 1. The molecule has 1 heterocycles. The molecule has 0 N–H and O–H groups in total. The molecule has 0 radical (unpaired) electrons. The molecule has 0 bridgehead atoms. The molecule has 2 aromatic rings. The molecule has 1 aliphatic rings. The van der Waals surface area contributed by atoms with Crippen LogP contribution in [0.3, 0.4) is 0 Å². The van der Waals surface area contributed by atoms with Gasteiger partial charge in [-0.1, -0.05) is 23.8 Å². The Balaban J connectivity index is 1.65. The lowest BCUT2D eigenvalue weighted by molar-refractivity contribution is -0.123. The number of benzene rings is 2. The summed E-state index contributed by atoms with van der Waals surface area (Å²) in [6.07, 6.45) is 1.68. The van der Waals surface area contributed by atoms with Gasteiger partial charge in [-0.3, -0.25) is 14.5 Å². The number of methoxy groups -OCH3 is 1. The molecule has 152 valence electrons. The van der Waals surface area contributed by atoms with Gasteiger partial charge in [-0.15, -0.1) is 0 Å². The van der Waals surface area contributed by atoms with E-state index < -0.39 is 0 Å². The number of hydrogen-bond acceptors (Lipinski definition) is 6. The molecule has 0 spiro atoms. The van der Waals surface area contributed by atoms with Crippen molar-refractivity contribution in [2.75, 3.05) is 26.9 Å². The van der Waals surface area contributed by atoms with Gasteiger partial charge in [-0.2, -0.15) is 0 Å². The SMILES string of the molecule is CCOc1ccc(/C=C2\SC(=O)N(CCOc3ccc(C)cc3)C2=O)cc1OC. The first-order valence-electron chi connectivity index (χ1n) is 9.27. The topological polar surface area (TPSA) is 65.1 Å². The molecule has 2 amide bonds. The monoisotopic (exact) mass is 413 g/mol. The number of rotatable bonds is 8. The highest BCUT2D eigenvalue weighted by atomic mass is 32.2. The van der Waals surface area contributed by atoms with Gasteiger partial charge in [-0.25, -0.2) is 0 Å². The number of aryl methyl sites for hydroxylation is 1. The molecule has 1 aliphatic heterocycles. The summed E-state index contributed by atoms with van der Waals surface area (Å²) in [5.41, 5.74) is 1.89. The summed E-state index contributed by atoms with van der Waals surface area (Å²) < 4.78 is 16.5. The highest BCUT2D eigenvalue weighted by Gasteiger charge is 2.34. The van der Waals surface area contributed by atoms with Gasteiger partial charge in [0.1, 0.15) is 12.4 Å². The fourth-order valence-corrected chi connectivity index (χ4v) is 3.65. The lowest BCUT2D eigenvalue weighted by Gasteiger charge is -2.13. The van der Waals surface area contributed by atoms with Crippen LogP contribution < -0.4 is 14.2 Å². The normalized spacial score (nSPS) is 15.1. The molecule has 0 aliphatic carbocycles. The third-order valence-electron chi connectivity index (χ3n) is 4.26. The van der Waals surface area contributed by atoms with Crippen molar-refractivity contribution < 1.29 is 23.8 Å². The van der Waals surface area contributed by atoms with E-state index >= 15 is 0 Å². The number of hydrogen-bond donors (Lipinski definition) is 0. The van der Waals surface area contributed by atoms with Crippen LogP contribution in [-0.2, 0) is 4.79 Å². The van der Waals surface area contributed by atoms with E-state index in [1.54, 1.807) is 25.3 Å². The van der Waals surface area contributed by atoms with Crippen LogP contribution in [0.2, 0.25) is 0 Å². The zero-order chi connectivity index (χ0) is 20.8. The minimum atomic E-state index is -0.319. The van der Waals surface area contributed by atoms with Crippen molar-refractivity contribution in [2.24, 2.45) is 0 Å². The summed E-state index contributed by atoms with van der Waals surface area (Å²) in [7, 11) is 1.56. The Kier molecular flexibility index (Phi) is 6.82. The number of ether oxygens (including phenoxy) is 3. The second kappa shape index (κ2) is 9.52. The average Bonchev–Trinajstić information content (AvgIpc) is 2.98. The summed E-state index contributed by atoms with van der Waals surface area (Å²) >= 11 is 0.924. The smallest absolute Gasteiger partial charge is 0.293 e. The number of imide groups is 1. The van der Waals surface area contributed by atoms with Gasteiger partial charge in [0.15, 0.2) is 11.5 Å². The van der Waals surface area contributed by atoms with Crippen LogP contribution in [0.1, 0.15) is 18.1 Å². The Hall–Kier alpha value is -2.93. The van der Waals surface area contributed by atoms with Crippen molar-refractivity contribution in [2.45, 2.75) is 13.8 Å². The Labute approximate surface area is 174 Å². The molecule has 0 unspecified atom stereocenters. The molecule has 0 atom stereocenters. The second-order valence-electron chi connectivity index (χ2n) is 6.34. The van der Waals surface area contributed by atoms with Crippen molar-refractivity contribution in [1.82, 2.24) is 4.90 Å². The molecule has 2 aromatic carbocycles. The second-order valence-corrected chi connectivity index (χ2v) is 7.33. The Morgan fingerprint density at radius 1 is 1.03 bits per heavy atom. The fraction of sp³-hybridized carbons (Fsp3) is 0.273. The fourth-order valence-electron chi connectivity index (χ4n) is 2.78. The molecule has 3 rings (SSSR count). The van der Waals surface area contributed by atoms with Crippen molar-refractivity contribution >= 4 is 29.0 Å². The minimum absolute atomic E-state index is 0.197.